The smallest absolute Gasteiger partial charge is 0.130 e. The summed E-state index contributed by atoms with van der Waals surface area (Å²) in [5, 5.41) is 3.45. The molecule has 0 aliphatic carbocycles. The first-order valence-corrected chi connectivity index (χ1v) is 7.03. The van der Waals surface area contributed by atoms with Crippen molar-refractivity contribution < 1.29 is 4.74 Å². The Kier molecular flexibility index (Phi) is 4.66. The van der Waals surface area contributed by atoms with Gasteiger partial charge in [0.25, 0.3) is 0 Å². The third kappa shape index (κ3) is 3.76. The van der Waals surface area contributed by atoms with Gasteiger partial charge in [-0.15, -0.1) is 0 Å². The number of hydrogen-bond acceptors (Lipinski definition) is 3. The lowest BCUT2D eigenvalue weighted by molar-refractivity contribution is 0.271. The molecule has 1 unspecified atom stereocenters. The second kappa shape index (κ2) is 6.46. The van der Waals surface area contributed by atoms with Gasteiger partial charge in [0.05, 0.1) is 12.6 Å². The van der Waals surface area contributed by atoms with Gasteiger partial charge in [-0.2, -0.15) is 0 Å². The van der Waals surface area contributed by atoms with Crippen LogP contribution in [0.2, 0.25) is 0 Å². The maximum atomic E-state index is 5.74. The first kappa shape index (κ1) is 14.4. The van der Waals surface area contributed by atoms with E-state index in [4.69, 9.17) is 4.74 Å². The molecule has 1 heterocycles. The second-order valence-electron chi connectivity index (χ2n) is 5.50. The van der Waals surface area contributed by atoms with E-state index in [1.54, 1.807) is 0 Å². The van der Waals surface area contributed by atoms with Crippen molar-refractivity contribution in [1.82, 2.24) is 9.55 Å². The van der Waals surface area contributed by atoms with Crippen LogP contribution >= 0.6 is 0 Å². The Morgan fingerprint density at radius 2 is 2.10 bits per heavy atom. The van der Waals surface area contributed by atoms with Gasteiger partial charge in [0.15, 0.2) is 0 Å². The summed E-state index contributed by atoms with van der Waals surface area (Å²) in [5.41, 5.74) is 1.04. The van der Waals surface area contributed by atoms with Crippen molar-refractivity contribution in [2.24, 2.45) is 13.0 Å². The quantitative estimate of drug-likeness (QED) is 0.873. The lowest BCUT2D eigenvalue weighted by atomic mass is 10.2. The molecule has 108 valence electrons. The minimum Gasteiger partial charge on any atom is -0.493 e. The van der Waals surface area contributed by atoms with Crippen LogP contribution in [0.4, 0.5) is 5.69 Å². The third-order valence-corrected chi connectivity index (χ3v) is 3.05. The molecule has 4 heteroatoms. The Balaban J connectivity index is 2.02. The highest BCUT2D eigenvalue weighted by molar-refractivity contribution is 5.49. The van der Waals surface area contributed by atoms with E-state index in [9.17, 15) is 0 Å². The molecule has 1 aromatic carbocycles. The van der Waals surface area contributed by atoms with Crippen LogP contribution in [0.15, 0.2) is 36.7 Å². The van der Waals surface area contributed by atoms with Gasteiger partial charge in [-0.3, -0.25) is 0 Å². The molecule has 0 saturated heterocycles. The molecule has 0 spiro atoms. The van der Waals surface area contributed by atoms with Gasteiger partial charge in [-0.25, -0.2) is 4.98 Å². The summed E-state index contributed by atoms with van der Waals surface area (Å²) in [6, 6.07) is 8.21. The van der Waals surface area contributed by atoms with E-state index in [1.807, 2.05) is 48.3 Å². The lowest BCUT2D eigenvalue weighted by Crippen LogP contribution is -2.12. The molecule has 4 nitrogen and oxygen atoms in total. The molecular formula is C16H23N3O. The van der Waals surface area contributed by atoms with Crippen molar-refractivity contribution >= 4 is 5.69 Å². The monoisotopic (exact) mass is 273 g/mol. The van der Waals surface area contributed by atoms with Gasteiger partial charge in [-0.05, 0) is 25.0 Å². The molecule has 0 fully saturated rings. The highest BCUT2D eigenvalue weighted by Gasteiger charge is 2.10. The van der Waals surface area contributed by atoms with Crippen molar-refractivity contribution in [1.29, 1.82) is 0 Å². The summed E-state index contributed by atoms with van der Waals surface area (Å²) < 4.78 is 7.77. The molecule has 0 radical (unpaired) electrons. The topological polar surface area (TPSA) is 39.1 Å². The average molecular weight is 273 g/mol. The van der Waals surface area contributed by atoms with E-state index >= 15 is 0 Å². The zero-order chi connectivity index (χ0) is 14.5. The minimum absolute atomic E-state index is 0.148. The molecule has 0 saturated carbocycles. The zero-order valence-electron chi connectivity index (χ0n) is 12.6. The van der Waals surface area contributed by atoms with Gasteiger partial charge >= 0.3 is 0 Å². The number of anilines is 1. The highest BCUT2D eigenvalue weighted by atomic mass is 16.5. The predicted molar refractivity (Wildman–Crippen MR) is 82.0 cm³/mol. The Bertz CT molecular complexity index is 548. The van der Waals surface area contributed by atoms with Crippen molar-refractivity contribution in [2.75, 3.05) is 11.9 Å². The zero-order valence-corrected chi connectivity index (χ0v) is 12.6. The number of rotatable bonds is 6. The summed E-state index contributed by atoms with van der Waals surface area (Å²) in [5.74, 6) is 2.44. The lowest BCUT2D eigenvalue weighted by Gasteiger charge is -2.16. The van der Waals surface area contributed by atoms with Crippen LogP contribution in [0, 0.1) is 5.92 Å². The van der Waals surface area contributed by atoms with Gasteiger partial charge < -0.3 is 14.6 Å². The van der Waals surface area contributed by atoms with Crippen molar-refractivity contribution in [3.05, 3.63) is 42.5 Å². The highest BCUT2D eigenvalue weighted by Crippen LogP contribution is 2.22. The minimum atomic E-state index is 0.148. The van der Waals surface area contributed by atoms with Gasteiger partial charge in [-0.1, -0.05) is 19.9 Å². The number of aromatic nitrogens is 2. The van der Waals surface area contributed by atoms with Gasteiger partial charge in [0.2, 0.25) is 0 Å². The molecule has 1 N–H and O–H groups in total. The predicted octanol–water partition coefficient (Wildman–Crippen LogP) is 3.63. The molecule has 0 aliphatic rings. The van der Waals surface area contributed by atoms with Crippen LogP contribution in [0.3, 0.4) is 0 Å². The summed E-state index contributed by atoms with van der Waals surface area (Å²) in [6.45, 7) is 7.12. The fourth-order valence-electron chi connectivity index (χ4n) is 2.05. The Hall–Kier alpha value is -1.97. The maximum Gasteiger partial charge on any atom is 0.130 e. The molecule has 1 aromatic heterocycles. The first-order chi connectivity index (χ1) is 9.56. The third-order valence-electron chi connectivity index (χ3n) is 3.05. The molecule has 0 amide bonds. The number of imidazole rings is 1. The maximum absolute atomic E-state index is 5.74. The Morgan fingerprint density at radius 1 is 1.30 bits per heavy atom. The standard InChI is InChI=1S/C16H23N3O/c1-12(2)11-20-15-7-5-6-14(10-15)18-13(3)16-17-8-9-19(16)4/h5-10,12-13,18H,11H2,1-4H3. The molecule has 20 heavy (non-hydrogen) atoms. The SMILES string of the molecule is CC(C)COc1cccc(NC(C)c2nccn2C)c1. The molecule has 2 rings (SSSR count). The normalized spacial score (nSPS) is 12.4. The second-order valence-corrected chi connectivity index (χ2v) is 5.50. The summed E-state index contributed by atoms with van der Waals surface area (Å²) in [6.07, 6.45) is 3.77. The average Bonchev–Trinajstić information content (AvgIpc) is 2.83. The van der Waals surface area contributed by atoms with Gasteiger partial charge in [0, 0.05) is 31.2 Å². The van der Waals surface area contributed by atoms with E-state index < -0.39 is 0 Å². The first-order valence-electron chi connectivity index (χ1n) is 7.03. The molecule has 1 atom stereocenters. The van der Waals surface area contributed by atoms with E-state index in [2.05, 4.69) is 31.1 Å². The number of benzene rings is 1. The largest absolute Gasteiger partial charge is 0.493 e. The summed E-state index contributed by atoms with van der Waals surface area (Å²) in [4.78, 5) is 4.36. The van der Waals surface area contributed by atoms with E-state index in [0.717, 1.165) is 23.9 Å². The number of hydrogen-bond donors (Lipinski definition) is 1. The van der Waals surface area contributed by atoms with Crippen LogP contribution in [0.1, 0.15) is 32.6 Å². The fourth-order valence-corrected chi connectivity index (χ4v) is 2.05. The van der Waals surface area contributed by atoms with Crippen LogP contribution in [0.25, 0.3) is 0 Å². The van der Waals surface area contributed by atoms with Gasteiger partial charge in [0.1, 0.15) is 11.6 Å². The molecular weight excluding hydrogens is 250 g/mol. The van der Waals surface area contributed by atoms with Crippen molar-refractivity contribution in [2.45, 2.75) is 26.8 Å². The Labute approximate surface area is 120 Å². The Morgan fingerprint density at radius 3 is 2.75 bits per heavy atom. The number of nitrogens with zero attached hydrogens (tertiary/aromatic N) is 2. The summed E-state index contributed by atoms with van der Waals surface area (Å²) >= 11 is 0. The number of nitrogens with one attached hydrogen (secondary N) is 1. The molecule has 2 aromatic rings. The fraction of sp³-hybridized carbons (Fsp3) is 0.438. The molecule has 0 aliphatic heterocycles. The van der Waals surface area contributed by atoms with Crippen molar-refractivity contribution in [3.8, 4) is 5.75 Å². The number of aryl methyl sites for hydroxylation is 1. The molecule has 0 bridgehead atoms. The number of ether oxygens (including phenoxy) is 1. The summed E-state index contributed by atoms with van der Waals surface area (Å²) in [7, 11) is 2.00. The van der Waals surface area contributed by atoms with Crippen LogP contribution in [0.5, 0.6) is 5.75 Å². The van der Waals surface area contributed by atoms with E-state index in [1.165, 1.54) is 0 Å². The van der Waals surface area contributed by atoms with E-state index in [0.29, 0.717) is 5.92 Å². The van der Waals surface area contributed by atoms with E-state index in [-0.39, 0.29) is 6.04 Å². The van der Waals surface area contributed by atoms with Crippen LogP contribution in [-0.4, -0.2) is 16.2 Å². The van der Waals surface area contributed by atoms with Crippen molar-refractivity contribution in [3.63, 3.8) is 0 Å². The van der Waals surface area contributed by atoms with Crippen LogP contribution in [-0.2, 0) is 7.05 Å². The van der Waals surface area contributed by atoms with Crippen LogP contribution < -0.4 is 10.1 Å².